The fourth-order valence-electron chi connectivity index (χ4n) is 0. The molecule has 0 aliphatic rings. The molecule has 2 nitrogen and oxygen atoms in total. The van der Waals surface area contributed by atoms with E-state index in [1.165, 1.54) is 0 Å². The molecule has 0 aromatic rings. The molecule has 0 heterocycles. The predicted molar refractivity (Wildman–Crippen MR) is 9.63 cm³/mol. The van der Waals surface area contributed by atoms with Gasteiger partial charge in [0.1, 0.15) is 0 Å². The third-order valence-corrected chi connectivity index (χ3v) is 0. The molecule has 0 aliphatic heterocycles. The summed E-state index contributed by atoms with van der Waals surface area (Å²) in [5.41, 5.74) is 0. The van der Waals surface area contributed by atoms with Gasteiger partial charge < -0.3 is 11.0 Å². The minimum Gasteiger partial charge on any atom is -0.870 e. The molecule has 0 unspecified atom stereocenters. The van der Waals surface area contributed by atoms with Crippen LogP contribution in [0.3, 0.4) is 0 Å². The maximum atomic E-state index is 0. The molecular formula is H2LiMgO2+. The maximum absolute atomic E-state index is 0. The van der Waals surface area contributed by atoms with Crippen LogP contribution in [0.25, 0.3) is 0 Å². The Kier molecular flexibility index (Phi) is 412. The Balaban J connectivity index is 0. The fourth-order valence-corrected chi connectivity index (χ4v) is 0. The van der Waals surface area contributed by atoms with Gasteiger partial charge in [0.15, 0.2) is 0 Å². The zero-order chi connectivity index (χ0) is 0. The molecule has 0 saturated heterocycles. The van der Waals surface area contributed by atoms with E-state index in [0.29, 0.717) is 0 Å². The second-order valence-corrected chi connectivity index (χ2v) is 0. The fraction of sp³-hybridized carbons (Fsp3) is 0. The first-order chi connectivity index (χ1) is 0. The van der Waals surface area contributed by atoms with Crippen molar-refractivity contribution in [1.29, 1.82) is 0 Å². The van der Waals surface area contributed by atoms with Crippen molar-refractivity contribution in [2.75, 3.05) is 0 Å². The zero-order valence-corrected chi connectivity index (χ0v) is 4.02. The third kappa shape index (κ3) is 10.4. The van der Waals surface area contributed by atoms with Gasteiger partial charge in [-0.2, -0.15) is 0 Å². The Morgan fingerprint density at radius 1 is 0.750 bits per heavy atom. The molecular weight excluding hydrogens is 63.2 g/mol. The van der Waals surface area contributed by atoms with Gasteiger partial charge in [-0.25, -0.2) is 0 Å². The maximum Gasteiger partial charge on any atom is 2.00 e. The molecule has 0 aliphatic carbocycles. The Morgan fingerprint density at radius 3 is 0.750 bits per heavy atom. The Bertz CT molecular complexity index is 6.00. The van der Waals surface area contributed by atoms with Crippen LogP contribution in [0.5, 0.6) is 0 Å². The van der Waals surface area contributed by atoms with Gasteiger partial charge in [0.2, 0.25) is 0 Å². The van der Waals surface area contributed by atoms with Gasteiger partial charge in [-0.1, -0.05) is 0 Å². The number of hydrogen-bond donors (Lipinski definition) is 0. The first-order valence-corrected chi connectivity index (χ1v) is 0. The average Bonchev–Trinajstić information content (AvgIpc) is 0. The van der Waals surface area contributed by atoms with E-state index in [0.717, 1.165) is 0 Å². The van der Waals surface area contributed by atoms with Crippen molar-refractivity contribution in [2.24, 2.45) is 0 Å². The summed E-state index contributed by atoms with van der Waals surface area (Å²) in [5.74, 6) is 0. The second kappa shape index (κ2) is 28.0. The number of rotatable bonds is 0. The molecule has 4 heavy (non-hydrogen) atoms. The Morgan fingerprint density at radius 2 is 0.750 bits per heavy atom. The Hall–Kier alpha value is 1.28. The quantitative estimate of drug-likeness (QED) is 0.272. The van der Waals surface area contributed by atoms with Crippen LogP contribution in [0.15, 0.2) is 0 Å². The summed E-state index contributed by atoms with van der Waals surface area (Å²) in [5, 5.41) is 0. The summed E-state index contributed by atoms with van der Waals surface area (Å²) in [4.78, 5) is 0. The zero-order valence-electron chi connectivity index (χ0n) is 2.60. The molecule has 0 aromatic carbocycles. The average molecular weight is 65.3 g/mol. The molecule has 0 amide bonds. The molecule has 0 bridgehead atoms. The normalized spacial score (nSPS) is 0. The molecule has 0 rings (SSSR count). The van der Waals surface area contributed by atoms with E-state index in [4.69, 9.17) is 0 Å². The van der Waals surface area contributed by atoms with E-state index in [-0.39, 0.29) is 52.9 Å². The van der Waals surface area contributed by atoms with Gasteiger partial charge in [0, 0.05) is 0 Å². The van der Waals surface area contributed by atoms with Crippen LogP contribution < -0.4 is 18.9 Å². The van der Waals surface area contributed by atoms with Crippen molar-refractivity contribution < 1.29 is 29.8 Å². The van der Waals surface area contributed by atoms with Gasteiger partial charge in [0.25, 0.3) is 0 Å². The molecule has 0 saturated carbocycles. The van der Waals surface area contributed by atoms with Crippen LogP contribution in [-0.2, 0) is 0 Å². The topological polar surface area (TPSA) is 60.0 Å². The first-order valence-electron chi connectivity index (χ1n) is 0. The van der Waals surface area contributed by atoms with Crippen molar-refractivity contribution in [3.8, 4) is 0 Å². The molecule has 0 atom stereocenters. The Labute approximate surface area is 52.9 Å². The van der Waals surface area contributed by atoms with Crippen LogP contribution in [0.1, 0.15) is 0 Å². The van der Waals surface area contributed by atoms with Crippen molar-refractivity contribution >= 4 is 23.1 Å². The van der Waals surface area contributed by atoms with Crippen LogP contribution in [0, 0.1) is 0 Å². The summed E-state index contributed by atoms with van der Waals surface area (Å²) >= 11 is 0. The van der Waals surface area contributed by atoms with Gasteiger partial charge >= 0.3 is 41.9 Å². The minimum absolute atomic E-state index is 0. The third-order valence-electron chi connectivity index (χ3n) is 0. The van der Waals surface area contributed by atoms with Gasteiger partial charge in [-0.05, 0) is 0 Å². The van der Waals surface area contributed by atoms with Crippen LogP contribution in [0.2, 0.25) is 0 Å². The summed E-state index contributed by atoms with van der Waals surface area (Å²) in [6.07, 6.45) is 0. The molecule has 4 heteroatoms. The summed E-state index contributed by atoms with van der Waals surface area (Å²) < 4.78 is 0. The SMILES string of the molecule is [Li+].[Mg+2].[OH-].[OH-]. The predicted octanol–water partition coefficient (Wildman–Crippen LogP) is -3.73. The van der Waals surface area contributed by atoms with E-state index >= 15 is 0 Å². The van der Waals surface area contributed by atoms with Crippen molar-refractivity contribution in [3.05, 3.63) is 0 Å². The molecule has 0 radical (unpaired) electrons. The van der Waals surface area contributed by atoms with E-state index in [2.05, 4.69) is 0 Å². The van der Waals surface area contributed by atoms with E-state index < -0.39 is 0 Å². The van der Waals surface area contributed by atoms with Gasteiger partial charge in [-0.3, -0.25) is 0 Å². The van der Waals surface area contributed by atoms with Crippen LogP contribution >= 0.6 is 0 Å². The van der Waals surface area contributed by atoms with Gasteiger partial charge in [-0.15, -0.1) is 0 Å². The summed E-state index contributed by atoms with van der Waals surface area (Å²) in [7, 11) is 0. The smallest absolute Gasteiger partial charge is 0.870 e. The van der Waals surface area contributed by atoms with Crippen molar-refractivity contribution in [1.82, 2.24) is 0 Å². The van der Waals surface area contributed by atoms with Crippen LogP contribution in [0.4, 0.5) is 0 Å². The van der Waals surface area contributed by atoms with Crippen molar-refractivity contribution in [3.63, 3.8) is 0 Å². The van der Waals surface area contributed by atoms with E-state index in [1.807, 2.05) is 0 Å². The van der Waals surface area contributed by atoms with E-state index in [1.54, 1.807) is 0 Å². The molecule has 0 aromatic heterocycles. The monoisotopic (exact) mass is 65.0 g/mol. The standard InChI is InChI=1S/Li.Mg.2H2O/h;;2*1H2/q+1;+2;;/p-2. The molecule has 0 fully saturated rings. The molecule has 2 N–H and O–H groups in total. The number of hydrogen-bond acceptors (Lipinski definition) is 2. The van der Waals surface area contributed by atoms with Crippen molar-refractivity contribution in [2.45, 2.75) is 0 Å². The molecule has 0 spiro atoms. The second-order valence-electron chi connectivity index (χ2n) is 0. The first kappa shape index (κ1) is 58.8. The van der Waals surface area contributed by atoms with E-state index in [9.17, 15) is 0 Å². The van der Waals surface area contributed by atoms with Gasteiger partial charge in [0.05, 0.1) is 0 Å². The summed E-state index contributed by atoms with van der Waals surface area (Å²) in [6.45, 7) is 0. The summed E-state index contributed by atoms with van der Waals surface area (Å²) in [6, 6.07) is 0. The minimum atomic E-state index is 0. The molecule has 16 valence electrons. The van der Waals surface area contributed by atoms with Crippen LogP contribution in [-0.4, -0.2) is 34.0 Å². The largest absolute Gasteiger partial charge is 2.00 e.